The number of hydrogen-bond donors (Lipinski definition) is 2. The largest absolute Gasteiger partial charge is 0.394 e. The summed E-state index contributed by atoms with van der Waals surface area (Å²) in [7, 11) is 0. The maximum absolute atomic E-state index is 13.5. The number of benzene rings is 2. The Morgan fingerprint density at radius 1 is 1.15 bits per heavy atom. The number of carbonyl (C=O) groups excluding carboxylic acids is 1. The molecule has 0 spiro atoms. The molecule has 5 heteroatoms. The molecule has 2 rings (SSSR count). The minimum absolute atomic E-state index is 0.341. The second kappa shape index (κ2) is 6.25. The second-order valence-electron chi connectivity index (χ2n) is 4.24. The van der Waals surface area contributed by atoms with Crippen molar-refractivity contribution in [3.8, 4) is 0 Å². The fraction of sp³-hybridized carbons (Fsp3) is 0.133. The number of hydrogen-bond acceptors (Lipinski definition) is 2. The summed E-state index contributed by atoms with van der Waals surface area (Å²) in [6, 6.07) is 10.7. The van der Waals surface area contributed by atoms with Crippen molar-refractivity contribution in [1.29, 1.82) is 0 Å². The van der Waals surface area contributed by atoms with E-state index in [2.05, 4.69) is 5.32 Å². The van der Waals surface area contributed by atoms with E-state index in [1.165, 1.54) is 0 Å². The predicted molar refractivity (Wildman–Crippen MR) is 70.1 cm³/mol. The Morgan fingerprint density at radius 2 is 1.85 bits per heavy atom. The first-order valence-corrected chi connectivity index (χ1v) is 6.03. The topological polar surface area (TPSA) is 49.3 Å². The molecule has 0 saturated carbocycles. The van der Waals surface area contributed by atoms with Gasteiger partial charge in [-0.3, -0.25) is 4.79 Å². The number of nitrogens with one attached hydrogen (secondary N) is 1. The molecule has 0 bridgehead atoms. The Hall–Kier alpha value is -2.27. The van der Waals surface area contributed by atoms with Crippen LogP contribution in [0.4, 0.5) is 8.78 Å². The van der Waals surface area contributed by atoms with Crippen LogP contribution in [0.1, 0.15) is 22.0 Å². The Kier molecular flexibility index (Phi) is 4.42. The van der Waals surface area contributed by atoms with E-state index in [9.17, 15) is 18.7 Å². The number of aliphatic hydroxyl groups excluding tert-OH is 1. The number of rotatable bonds is 4. The van der Waals surface area contributed by atoms with Crippen LogP contribution in [-0.2, 0) is 0 Å². The van der Waals surface area contributed by atoms with Crippen molar-refractivity contribution in [1.82, 2.24) is 5.32 Å². The Morgan fingerprint density at radius 3 is 2.50 bits per heavy atom. The van der Waals surface area contributed by atoms with Crippen molar-refractivity contribution in [2.75, 3.05) is 6.61 Å². The maximum atomic E-state index is 13.5. The van der Waals surface area contributed by atoms with Crippen LogP contribution >= 0.6 is 0 Å². The zero-order chi connectivity index (χ0) is 14.5. The lowest BCUT2D eigenvalue weighted by Gasteiger charge is -2.17. The standard InChI is InChI=1S/C15H13F2NO2/c16-11-6-7-13(17)12(8-11)15(20)18-14(9-19)10-4-2-1-3-5-10/h1-8,14,19H,9H2,(H,18,20)/t14-/m1/s1. The van der Waals surface area contributed by atoms with Gasteiger partial charge in [0.1, 0.15) is 11.6 Å². The third-order valence-corrected chi connectivity index (χ3v) is 2.86. The van der Waals surface area contributed by atoms with Crippen LogP contribution in [-0.4, -0.2) is 17.6 Å². The Bertz CT molecular complexity index is 602. The molecular formula is C15H13F2NO2. The minimum atomic E-state index is -0.811. The lowest BCUT2D eigenvalue weighted by atomic mass is 10.1. The summed E-state index contributed by atoms with van der Waals surface area (Å²) in [6.07, 6.45) is 0. The molecule has 2 aromatic rings. The van der Waals surface area contributed by atoms with Gasteiger partial charge >= 0.3 is 0 Å². The Labute approximate surface area is 114 Å². The zero-order valence-electron chi connectivity index (χ0n) is 10.5. The van der Waals surface area contributed by atoms with Crippen molar-refractivity contribution in [2.24, 2.45) is 0 Å². The molecule has 2 N–H and O–H groups in total. The van der Waals surface area contributed by atoms with Crippen molar-refractivity contribution in [2.45, 2.75) is 6.04 Å². The van der Waals surface area contributed by atoms with Crippen LogP contribution in [0.5, 0.6) is 0 Å². The number of carbonyl (C=O) groups is 1. The van der Waals surface area contributed by atoms with Crippen LogP contribution < -0.4 is 5.32 Å². The molecule has 0 saturated heterocycles. The molecule has 20 heavy (non-hydrogen) atoms. The van der Waals surface area contributed by atoms with Crippen molar-refractivity contribution >= 4 is 5.91 Å². The normalized spacial score (nSPS) is 11.9. The smallest absolute Gasteiger partial charge is 0.254 e. The SMILES string of the molecule is O=C(N[C@H](CO)c1ccccc1)c1cc(F)ccc1F. The summed E-state index contributed by atoms with van der Waals surface area (Å²) in [6.45, 7) is -0.341. The van der Waals surface area contributed by atoms with Crippen LogP contribution in [0.15, 0.2) is 48.5 Å². The molecule has 0 radical (unpaired) electrons. The summed E-state index contributed by atoms with van der Waals surface area (Å²) in [5, 5.41) is 11.8. The third-order valence-electron chi connectivity index (χ3n) is 2.86. The first kappa shape index (κ1) is 14.1. The molecule has 0 fully saturated rings. The highest BCUT2D eigenvalue weighted by atomic mass is 19.1. The van der Waals surface area contributed by atoms with Gasteiger partial charge < -0.3 is 10.4 Å². The molecule has 0 aliphatic carbocycles. The van der Waals surface area contributed by atoms with E-state index in [4.69, 9.17) is 0 Å². The van der Waals surface area contributed by atoms with Gasteiger partial charge in [-0.2, -0.15) is 0 Å². The van der Waals surface area contributed by atoms with Crippen LogP contribution in [0.2, 0.25) is 0 Å². The molecule has 1 atom stereocenters. The molecule has 2 aromatic carbocycles. The summed E-state index contributed by atoms with van der Waals surface area (Å²) in [5.74, 6) is -2.28. The highest BCUT2D eigenvalue weighted by Crippen LogP contribution is 2.15. The van der Waals surface area contributed by atoms with Gasteiger partial charge in [0.05, 0.1) is 18.2 Å². The quantitative estimate of drug-likeness (QED) is 0.901. The van der Waals surface area contributed by atoms with Gasteiger partial charge in [-0.05, 0) is 23.8 Å². The summed E-state index contributed by atoms with van der Waals surface area (Å²) >= 11 is 0. The van der Waals surface area contributed by atoms with Gasteiger partial charge in [0, 0.05) is 0 Å². The van der Waals surface area contributed by atoms with Gasteiger partial charge in [0.25, 0.3) is 5.91 Å². The van der Waals surface area contributed by atoms with Crippen molar-refractivity contribution in [3.63, 3.8) is 0 Å². The van der Waals surface area contributed by atoms with Gasteiger partial charge in [-0.25, -0.2) is 8.78 Å². The lowest BCUT2D eigenvalue weighted by Crippen LogP contribution is -2.31. The van der Waals surface area contributed by atoms with Crippen LogP contribution in [0, 0.1) is 11.6 Å². The van der Waals surface area contributed by atoms with E-state index in [0.717, 1.165) is 18.2 Å². The van der Waals surface area contributed by atoms with Gasteiger partial charge in [0.2, 0.25) is 0 Å². The molecule has 1 amide bonds. The van der Waals surface area contributed by atoms with E-state index in [1.54, 1.807) is 30.3 Å². The number of halogens is 2. The Balaban J connectivity index is 2.20. The zero-order valence-corrected chi connectivity index (χ0v) is 10.5. The van der Waals surface area contributed by atoms with Gasteiger partial charge in [-0.15, -0.1) is 0 Å². The van der Waals surface area contributed by atoms with Crippen LogP contribution in [0.3, 0.4) is 0 Å². The molecule has 0 unspecified atom stereocenters. The summed E-state index contributed by atoms with van der Waals surface area (Å²) in [5.41, 5.74) is 0.291. The highest BCUT2D eigenvalue weighted by Gasteiger charge is 2.18. The molecule has 104 valence electrons. The first-order chi connectivity index (χ1) is 9.61. The number of aliphatic hydroxyl groups is 1. The average molecular weight is 277 g/mol. The molecule has 0 heterocycles. The highest BCUT2D eigenvalue weighted by molar-refractivity contribution is 5.94. The van der Waals surface area contributed by atoms with Gasteiger partial charge in [-0.1, -0.05) is 30.3 Å². The fourth-order valence-electron chi connectivity index (χ4n) is 1.83. The second-order valence-corrected chi connectivity index (χ2v) is 4.24. The van der Waals surface area contributed by atoms with E-state index < -0.39 is 23.6 Å². The number of amides is 1. The maximum Gasteiger partial charge on any atom is 0.254 e. The van der Waals surface area contributed by atoms with Crippen LogP contribution in [0.25, 0.3) is 0 Å². The van der Waals surface area contributed by atoms with E-state index >= 15 is 0 Å². The van der Waals surface area contributed by atoms with E-state index in [0.29, 0.717) is 5.56 Å². The lowest BCUT2D eigenvalue weighted by molar-refractivity contribution is 0.0911. The third kappa shape index (κ3) is 3.19. The predicted octanol–water partition coefficient (Wildman–Crippen LogP) is 2.43. The molecular weight excluding hydrogens is 264 g/mol. The molecule has 0 aromatic heterocycles. The van der Waals surface area contributed by atoms with Crippen molar-refractivity contribution in [3.05, 3.63) is 71.3 Å². The molecule has 0 aliphatic rings. The average Bonchev–Trinajstić information content (AvgIpc) is 2.48. The van der Waals surface area contributed by atoms with Gasteiger partial charge in [0.15, 0.2) is 0 Å². The first-order valence-electron chi connectivity index (χ1n) is 6.03. The molecule has 3 nitrogen and oxygen atoms in total. The summed E-state index contributed by atoms with van der Waals surface area (Å²) in [4.78, 5) is 11.9. The minimum Gasteiger partial charge on any atom is -0.394 e. The monoisotopic (exact) mass is 277 g/mol. The fourth-order valence-corrected chi connectivity index (χ4v) is 1.83. The van der Waals surface area contributed by atoms with Crippen molar-refractivity contribution < 1.29 is 18.7 Å². The summed E-state index contributed by atoms with van der Waals surface area (Å²) < 4.78 is 26.5. The molecule has 0 aliphatic heterocycles. The van der Waals surface area contributed by atoms with E-state index in [1.807, 2.05) is 0 Å². The van der Waals surface area contributed by atoms with E-state index in [-0.39, 0.29) is 12.2 Å².